The van der Waals surface area contributed by atoms with Crippen LogP contribution in [0.25, 0.3) is 43.9 Å². The van der Waals surface area contributed by atoms with Crippen LogP contribution in [0.5, 0.6) is 5.75 Å². The molecule has 4 aromatic heterocycles. The number of unbranched alkanes of at least 4 members (excludes halogenated alkanes) is 6. The van der Waals surface area contributed by atoms with Gasteiger partial charge in [-0.15, -0.1) is 0 Å². The topological polar surface area (TPSA) is 197 Å². The van der Waals surface area contributed by atoms with E-state index < -0.39 is 35.0 Å². The van der Waals surface area contributed by atoms with Crippen LogP contribution in [-0.2, 0) is 44.7 Å². The van der Waals surface area contributed by atoms with Gasteiger partial charge in [0.25, 0.3) is 0 Å². The molecule has 0 saturated heterocycles. The lowest BCUT2D eigenvalue weighted by Gasteiger charge is -2.29. The molecule has 0 fully saturated rings. The molecule has 19 heteroatoms. The third-order valence-electron chi connectivity index (χ3n) is 14.1. The fourth-order valence-electron chi connectivity index (χ4n) is 9.27. The van der Waals surface area contributed by atoms with E-state index in [1.807, 2.05) is 0 Å². The summed E-state index contributed by atoms with van der Waals surface area (Å²) in [4.78, 5) is 48.4. The highest BCUT2D eigenvalue weighted by Crippen LogP contribution is 2.30. The number of likely N-dealkylation sites (N-methyl/N-ethyl adjacent to an activating group) is 2. The Bertz CT molecular complexity index is 3080. The number of nitrogens with zero attached hydrogens (tertiary/aromatic N) is 6. The predicted octanol–water partition coefficient (Wildman–Crippen LogP) is 11.7. The molecule has 432 valence electrons. The Morgan fingerprint density at radius 2 is 1.00 bits per heavy atom. The number of fused-ring (bicyclic) bond motifs is 6. The Morgan fingerprint density at radius 1 is 0.557 bits per heavy atom. The number of ketones is 1. The van der Waals surface area contributed by atoms with Crippen LogP contribution < -0.4 is 16.2 Å². The van der Waals surface area contributed by atoms with Crippen molar-refractivity contribution in [2.24, 2.45) is 0 Å². The van der Waals surface area contributed by atoms with Crippen LogP contribution in [0.4, 0.5) is 29.2 Å². The highest BCUT2D eigenvalue weighted by Gasteiger charge is 2.24. The van der Waals surface area contributed by atoms with Gasteiger partial charge in [0.15, 0.2) is 11.6 Å². The number of ether oxygens (including phenoxy) is 3. The number of Topliss-reactive ketones (excluding diaryl/α,β-unsaturated/α-hetero) is 1. The van der Waals surface area contributed by atoms with E-state index in [1.54, 1.807) is 6.92 Å². The lowest BCUT2D eigenvalue weighted by atomic mass is 10.0. The molecule has 4 heterocycles. The molecule has 3 aromatic carbocycles. The van der Waals surface area contributed by atoms with E-state index in [-0.39, 0.29) is 32.3 Å². The van der Waals surface area contributed by atoms with Gasteiger partial charge in [-0.3, -0.25) is 9.59 Å². The van der Waals surface area contributed by atoms with Gasteiger partial charge >= 0.3 is 5.97 Å². The SMILES string of the molecule is CCCCc1nc2c([nH]1)c(N)nc1cc(CCCCC[N+](C)(C)CCOCCC(=O)Oc3c(F)c(F)cc(F)c3F)ccc12.CCCCc1nc2c([nH]1)c(N)nc1cc(CCCCC[N+](C)(C)CCOCCC(C)=O)ccc12.[CH3-]. The number of aromatic nitrogens is 6. The van der Waals surface area contributed by atoms with Gasteiger partial charge in [-0.05, 0) is 94.4 Å². The van der Waals surface area contributed by atoms with Crippen molar-refractivity contribution in [2.75, 3.05) is 92.3 Å². The maximum atomic E-state index is 13.7. The summed E-state index contributed by atoms with van der Waals surface area (Å²) in [5.74, 6) is -6.15. The summed E-state index contributed by atoms with van der Waals surface area (Å²) in [7, 11) is 8.67. The summed E-state index contributed by atoms with van der Waals surface area (Å²) < 4.78 is 71.1. The molecular formula is C60H85F4N10O5+. The number of rotatable bonds is 31. The number of aromatic amines is 2. The van der Waals surface area contributed by atoms with E-state index in [1.165, 1.54) is 24.0 Å². The molecule has 0 amide bonds. The van der Waals surface area contributed by atoms with Crippen molar-refractivity contribution in [2.45, 2.75) is 124 Å². The number of pyridine rings is 2. The number of carbonyl (C=O) groups excluding carboxylic acids is 2. The van der Waals surface area contributed by atoms with E-state index in [4.69, 9.17) is 30.9 Å². The molecule has 0 radical (unpaired) electrons. The second-order valence-electron chi connectivity index (χ2n) is 21.8. The van der Waals surface area contributed by atoms with Crippen molar-refractivity contribution in [3.63, 3.8) is 0 Å². The summed E-state index contributed by atoms with van der Waals surface area (Å²) in [6.45, 7) is 11.2. The number of carbonyl (C=O) groups is 2. The number of esters is 1. The Labute approximate surface area is 463 Å². The number of quaternary nitrogens is 2. The first-order valence-corrected chi connectivity index (χ1v) is 27.7. The van der Waals surface area contributed by atoms with Crippen LogP contribution in [0, 0.1) is 30.7 Å². The number of benzene rings is 3. The molecule has 0 aliphatic carbocycles. The number of nitrogen functional groups attached to an aromatic ring is 2. The number of halogens is 4. The van der Waals surface area contributed by atoms with Gasteiger partial charge < -0.3 is 52.0 Å². The summed E-state index contributed by atoms with van der Waals surface area (Å²) in [5, 5.41) is 2.07. The maximum absolute atomic E-state index is 13.7. The Hall–Kier alpha value is -6.28. The molecule has 0 aliphatic rings. The van der Waals surface area contributed by atoms with Crippen molar-refractivity contribution in [3.05, 3.63) is 95.9 Å². The number of hydrogen-bond donors (Lipinski definition) is 4. The second-order valence-corrected chi connectivity index (χ2v) is 21.8. The summed E-state index contributed by atoms with van der Waals surface area (Å²) in [6.07, 6.45) is 15.0. The molecule has 0 aliphatic heterocycles. The summed E-state index contributed by atoms with van der Waals surface area (Å²) in [6, 6.07) is 12.9. The summed E-state index contributed by atoms with van der Waals surface area (Å²) >= 11 is 0. The van der Waals surface area contributed by atoms with Gasteiger partial charge in [0.1, 0.15) is 64.2 Å². The number of H-pyrrole nitrogens is 2. The standard InChI is InChI=1S/C32H40F4N5O3.C27H42N5O2.CH3/c1-4-5-10-25-39-29-21-12-11-20(18-24(21)38-32(37)30(29)40-25)9-7-6-8-14-41(2,3)15-17-43-16-13-26(42)44-31-27(35)22(33)19-23(34)28(31)36;1-5-6-11-24-30-25-22-13-12-21(19-23(22)29-27(28)26(25)31-24)10-8-7-9-15-32(3,4)16-18-34-17-14-20(2)33;/h11-12,18-19H,4-10,13-17H2,1-3H3,(H2,37,38)(H,39,40);12-13,19H,5-11,14-18H2,1-4H3,(H2,28,29)(H,30,31);1H3/q2*+1;-1. The normalized spacial score (nSPS) is 11.9. The molecule has 7 rings (SSSR count). The van der Waals surface area contributed by atoms with Crippen LogP contribution in [0.2, 0.25) is 0 Å². The minimum atomic E-state index is -1.76. The molecule has 6 N–H and O–H groups in total. The smallest absolute Gasteiger partial charge is 0.313 e. The highest BCUT2D eigenvalue weighted by molar-refractivity contribution is 6.07. The quantitative estimate of drug-likeness (QED) is 0.00614. The van der Waals surface area contributed by atoms with Crippen LogP contribution in [0.15, 0.2) is 42.5 Å². The number of anilines is 2. The Balaban J connectivity index is 0.000000296. The number of imidazole rings is 2. The first-order chi connectivity index (χ1) is 37.3. The second kappa shape index (κ2) is 30.3. The summed E-state index contributed by atoms with van der Waals surface area (Å²) in [5.41, 5.74) is 20.3. The highest BCUT2D eigenvalue weighted by atomic mass is 19.2. The number of nitrogens with two attached hydrogens (primary N) is 2. The van der Waals surface area contributed by atoms with Crippen molar-refractivity contribution < 1.29 is 50.3 Å². The zero-order chi connectivity index (χ0) is 56.4. The molecule has 0 saturated carbocycles. The predicted molar refractivity (Wildman–Crippen MR) is 308 cm³/mol. The maximum Gasteiger partial charge on any atom is 0.313 e. The van der Waals surface area contributed by atoms with Gasteiger partial charge in [-0.2, -0.15) is 8.78 Å². The average molecular weight is 1100 g/mol. The number of nitrogens with one attached hydrogen (secondary N) is 2. The van der Waals surface area contributed by atoms with E-state index in [0.717, 1.165) is 157 Å². The largest absolute Gasteiger partial charge is 0.420 e. The number of aryl methyl sites for hydroxylation is 4. The van der Waals surface area contributed by atoms with E-state index >= 15 is 0 Å². The fraction of sp³-hybridized carbons (Fsp3) is 0.517. The van der Waals surface area contributed by atoms with Gasteiger partial charge in [0, 0.05) is 36.1 Å². The molecule has 0 atom stereocenters. The molecule has 7 aromatic rings. The zero-order valence-corrected chi connectivity index (χ0v) is 47.9. The van der Waals surface area contributed by atoms with Crippen molar-refractivity contribution in [3.8, 4) is 5.75 Å². The first-order valence-electron chi connectivity index (χ1n) is 27.7. The van der Waals surface area contributed by atoms with Crippen LogP contribution in [0.3, 0.4) is 0 Å². The fourth-order valence-corrected chi connectivity index (χ4v) is 9.27. The molecule has 0 bridgehead atoms. The van der Waals surface area contributed by atoms with Gasteiger partial charge in [-0.25, -0.2) is 28.7 Å². The monoisotopic (exact) mass is 1100 g/mol. The lowest BCUT2D eigenvalue weighted by Crippen LogP contribution is -2.43. The van der Waals surface area contributed by atoms with E-state index in [0.29, 0.717) is 48.9 Å². The molecule has 15 nitrogen and oxygen atoms in total. The molecule has 0 unspecified atom stereocenters. The third-order valence-corrected chi connectivity index (χ3v) is 14.1. The van der Waals surface area contributed by atoms with Crippen molar-refractivity contribution in [1.29, 1.82) is 0 Å². The minimum Gasteiger partial charge on any atom is -0.420 e. The van der Waals surface area contributed by atoms with Crippen molar-refractivity contribution in [1.82, 2.24) is 29.9 Å². The van der Waals surface area contributed by atoms with E-state index in [2.05, 4.69) is 103 Å². The Kier molecular flexibility index (Phi) is 24.4. The van der Waals surface area contributed by atoms with Crippen LogP contribution in [-0.4, -0.2) is 131 Å². The van der Waals surface area contributed by atoms with Crippen molar-refractivity contribution >= 4 is 67.3 Å². The molecular weight excluding hydrogens is 1020 g/mol. The lowest BCUT2D eigenvalue weighted by molar-refractivity contribution is -0.891. The Morgan fingerprint density at radius 3 is 1.43 bits per heavy atom. The molecule has 79 heavy (non-hydrogen) atoms. The first kappa shape index (κ1) is 63.6. The van der Waals surface area contributed by atoms with Crippen LogP contribution in [0.1, 0.15) is 121 Å². The van der Waals surface area contributed by atoms with Crippen LogP contribution >= 0.6 is 0 Å². The molecule has 0 spiro atoms. The van der Waals surface area contributed by atoms with Gasteiger partial charge in [0.05, 0.1) is 85.2 Å². The van der Waals surface area contributed by atoms with Gasteiger partial charge in [-0.1, -0.05) is 51.0 Å². The van der Waals surface area contributed by atoms with E-state index in [9.17, 15) is 27.2 Å². The third kappa shape index (κ3) is 18.9. The zero-order valence-electron chi connectivity index (χ0n) is 47.9. The minimum absolute atomic E-state index is 0. The average Bonchev–Trinajstić information content (AvgIpc) is 4.18. The van der Waals surface area contributed by atoms with Gasteiger partial charge in [0.2, 0.25) is 17.4 Å². The number of hydrogen-bond acceptors (Lipinski definition) is 11.